The van der Waals surface area contributed by atoms with Crippen LogP contribution in [0.4, 0.5) is 4.79 Å². The smallest absolute Gasteiger partial charge is 0.407 e. The Labute approximate surface area is 194 Å². The number of carbonyl (C=O) groups is 2. The van der Waals surface area contributed by atoms with Gasteiger partial charge < -0.3 is 20.1 Å². The second kappa shape index (κ2) is 9.30. The summed E-state index contributed by atoms with van der Waals surface area (Å²) in [6.07, 6.45) is 1.10. The molecule has 33 heavy (non-hydrogen) atoms. The quantitative estimate of drug-likeness (QED) is 0.691. The highest BCUT2D eigenvalue weighted by atomic mass is 16.5. The third kappa shape index (κ3) is 5.14. The molecule has 0 radical (unpaired) electrons. The van der Waals surface area contributed by atoms with Crippen molar-refractivity contribution in [1.29, 1.82) is 0 Å². The molecule has 0 aliphatic carbocycles. The van der Waals surface area contributed by atoms with Crippen molar-refractivity contribution in [3.05, 3.63) is 29.5 Å². The first-order chi connectivity index (χ1) is 15.6. The standard InChI is InChI=1S/C24H35N5O4/c1-16-11-20-17(12-19(16)22(30)25-5-6-27-7-9-33-10-8-27)13-28(26-20)14-18-15-29(23(31)32)21(18)24(2,3)4/h11-13,18,21H,5-10,14-15H2,1-4H3,(H,25,30)(H,31,32). The van der Waals surface area contributed by atoms with E-state index in [0.717, 1.165) is 49.3 Å². The maximum absolute atomic E-state index is 12.8. The molecule has 0 bridgehead atoms. The number of benzene rings is 1. The Kier molecular flexibility index (Phi) is 6.63. The number of rotatable bonds is 6. The van der Waals surface area contributed by atoms with E-state index in [9.17, 15) is 14.7 Å². The van der Waals surface area contributed by atoms with E-state index in [0.29, 0.717) is 25.2 Å². The van der Waals surface area contributed by atoms with Crippen molar-refractivity contribution < 1.29 is 19.4 Å². The number of amides is 2. The summed E-state index contributed by atoms with van der Waals surface area (Å²) in [5, 5.41) is 18.1. The molecule has 9 nitrogen and oxygen atoms in total. The third-order valence-corrected chi connectivity index (χ3v) is 6.73. The van der Waals surface area contributed by atoms with Crippen molar-refractivity contribution in [2.75, 3.05) is 45.9 Å². The first-order valence-corrected chi connectivity index (χ1v) is 11.7. The molecule has 0 saturated carbocycles. The van der Waals surface area contributed by atoms with Gasteiger partial charge in [0.1, 0.15) is 0 Å². The summed E-state index contributed by atoms with van der Waals surface area (Å²) >= 11 is 0. The van der Waals surface area contributed by atoms with Gasteiger partial charge in [-0.25, -0.2) is 4.79 Å². The number of carbonyl (C=O) groups excluding carboxylic acids is 1. The molecule has 2 unspecified atom stereocenters. The Morgan fingerprint density at radius 2 is 1.97 bits per heavy atom. The minimum Gasteiger partial charge on any atom is -0.465 e. The van der Waals surface area contributed by atoms with Crippen LogP contribution in [-0.4, -0.2) is 88.7 Å². The fraction of sp³-hybridized carbons (Fsp3) is 0.625. The molecule has 1 aromatic heterocycles. The van der Waals surface area contributed by atoms with Crippen LogP contribution in [0.3, 0.4) is 0 Å². The predicted molar refractivity (Wildman–Crippen MR) is 126 cm³/mol. The van der Waals surface area contributed by atoms with Gasteiger partial charge in [0.2, 0.25) is 0 Å². The second-order valence-electron chi connectivity index (χ2n) is 10.3. The van der Waals surface area contributed by atoms with Crippen LogP contribution in [0.2, 0.25) is 0 Å². The van der Waals surface area contributed by atoms with E-state index >= 15 is 0 Å². The Bertz CT molecular complexity index is 1020. The Hall–Kier alpha value is -2.65. The van der Waals surface area contributed by atoms with Crippen LogP contribution < -0.4 is 5.32 Å². The fourth-order valence-electron chi connectivity index (χ4n) is 5.17. The van der Waals surface area contributed by atoms with Crippen molar-refractivity contribution in [2.45, 2.75) is 40.3 Å². The van der Waals surface area contributed by atoms with Gasteiger partial charge in [-0.2, -0.15) is 5.10 Å². The van der Waals surface area contributed by atoms with E-state index in [1.807, 2.05) is 29.9 Å². The lowest BCUT2D eigenvalue weighted by Crippen LogP contribution is -2.64. The molecule has 2 amide bonds. The minimum atomic E-state index is -0.864. The van der Waals surface area contributed by atoms with Crippen LogP contribution in [-0.2, 0) is 11.3 Å². The summed E-state index contributed by atoms with van der Waals surface area (Å²) in [6.45, 7) is 14.1. The summed E-state index contributed by atoms with van der Waals surface area (Å²) in [5.74, 6) is 0.138. The Morgan fingerprint density at radius 1 is 1.24 bits per heavy atom. The number of ether oxygens (including phenoxy) is 1. The molecule has 2 N–H and O–H groups in total. The molecule has 180 valence electrons. The number of aryl methyl sites for hydroxylation is 1. The van der Waals surface area contributed by atoms with Crippen LogP contribution >= 0.6 is 0 Å². The van der Waals surface area contributed by atoms with E-state index in [4.69, 9.17) is 9.84 Å². The van der Waals surface area contributed by atoms with Crippen LogP contribution in [0.15, 0.2) is 18.3 Å². The highest BCUT2D eigenvalue weighted by molar-refractivity contribution is 5.99. The lowest BCUT2D eigenvalue weighted by molar-refractivity contribution is -0.0424. The molecular weight excluding hydrogens is 422 g/mol. The fourth-order valence-corrected chi connectivity index (χ4v) is 5.17. The van der Waals surface area contributed by atoms with Gasteiger partial charge in [-0.15, -0.1) is 0 Å². The zero-order valence-corrected chi connectivity index (χ0v) is 20.0. The minimum absolute atomic E-state index is 0.0446. The summed E-state index contributed by atoms with van der Waals surface area (Å²) in [6, 6.07) is 3.81. The second-order valence-corrected chi connectivity index (χ2v) is 10.3. The van der Waals surface area contributed by atoms with Gasteiger partial charge in [-0.05, 0) is 30.0 Å². The molecule has 2 saturated heterocycles. The number of fused-ring (bicyclic) bond motifs is 1. The molecule has 2 atom stereocenters. The van der Waals surface area contributed by atoms with Crippen LogP contribution in [0.25, 0.3) is 10.9 Å². The van der Waals surface area contributed by atoms with Gasteiger partial charge in [0.05, 0.1) is 18.7 Å². The largest absolute Gasteiger partial charge is 0.465 e. The Balaban J connectivity index is 1.42. The van der Waals surface area contributed by atoms with Crippen molar-refractivity contribution in [2.24, 2.45) is 11.3 Å². The monoisotopic (exact) mass is 457 g/mol. The van der Waals surface area contributed by atoms with Crippen molar-refractivity contribution in [3.8, 4) is 0 Å². The van der Waals surface area contributed by atoms with Gasteiger partial charge in [-0.1, -0.05) is 20.8 Å². The van der Waals surface area contributed by atoms with Crippen molar-refractivity contribution in [3.63, 3.8) is 0 Å². The molecule has 4 rings (SSSR count). The molecule has 2 fully saturated rings. The maximum Gasteiger partial charge on any atom is 0.407 e. The maximum atomic E-state index is 12.8. The molecule has 0 spiro atoms. The van der Waals surface area contributed by atoms with Gasteiger partial charge in [0.25, 0.3) is 5.91 Å². The Morgan fingerprint density at radius 3 is 2.64 bits per heavy atom. The van der Waals surface area contributed by atoms with E-state index in [-0.39, 0.29) is 23.3 Å². The van der Waals surface area contributed by atoms with Gasteiger partial charge >= 0.3 is 6.09 Å². The summed E-state index contributed by atoms with van der Waals surface area (Å²) < 4.78 is 7.26. The number of carboxylic acid groups (broad SMARTS) is 1. The number of morpholine rings is 1. The summed E-state index contributed by atoms with van der Waals surface area (Å²) in [7, 11) is 0. The molecule has 1 aromatic carbocycles. The number of aromatic nitrogens is 2. The number of likely N-dealkylation sites (tertiary alicyclic amines) is 1. The number of hydrogen-bond acceptors (Lipinski definition) is 5. The summed E-state index contributed by atoms with van der Waals surface area (Å²) in [5.41, 5.74) is 2.26. The van der Waals surface area contributed by atoms with Crippen molar-refractivity contribution in [1.82, 2.24) is 24.9 Å². The zero-order valence-electron chi connectivity index (χ0n) is 20.0. The number of nitrogens with zero attached hydrogens (tertiary/aromatic N) is 4. The van der Waals surface area contributed by atoms with E-state index < -0.39 is 6.09 Å². The average molecular weight is 458 g/mol. The van der Waals surface area contributed by atoms with E-state index in [1.165, 1.54) is 4.90 Å². The molecule has 3 heterocycles. The first-order valence-electron chi connectivity index (χ1n) is 11.7. The number of hydrogen-bond donors (Lipinski definition) is 2. The molecule has 2 aromatic rings. The third-order valence-electron chi connectivity index (χ3n) is 6.73. The van der Waals surface area contributed by atoms with E-state index in [1.54, 1.807) is 0 Å². The van der Waals surface area contributed by atoms with Crippen LogP contribution in [0.5, 0.6) is 0 Å². The molecular formula is C24H35N5O4. The van der Waals surface area contributed by atoms with E-state index in [2.05, 4.69) is 31.0 Å². The molecule has 2 aliphatic rings. The first kappa shape index (κ1) is 23.5. The highest BCUT2D eigenvalue weighted by Crippen LogP contribution is 2.39. The predicted octanol–water partition coefficient (Wildman–Crippen LogP) is 2.43. The van der Waals surface area contributed by atoms with Gasteiger partial charge in [0.15, 0.2) is 0 Å². The lowest BCUT2D eigenvalue weighted by atomic mass is 9.72. The average Bonchev–Trinajstić information content (AvgIpc) is 3.10. The van der Waals surface area contributed by atoms with Crippen LogP contribution in [0.1, 0.15) is 36.7 Å². The summed E-state index contributed by atoms with van der Waals surface area (Å²) in [4.78, 5) is 28.2. The molecule has 2 aliphatic heterocycles. The SMILES string of the molecule is Cc1cc2nn(CC3CN(C(=O)O)C3C(C)(C)C)cc2cc1C(=O)NCCN1CCOCC1. The van der Waals surface area contributed by atoms with Crippen molar-refractivity contribution >= 4 is 22.9 Å². The van der Waals surface area contributed by atoms with Crippen LogP contribution in [0, 0.1) is 18.3 Å². The molecule has 9 heteroatoms. The topological polar surface area (TPSA) is 99.9 Å². The number of nitrogens with one attached hydrogen (secondary N) is 1. The van der Waals surface area contributed by atoms with Gasteiger partial charge in [-0.3, -0.25) is 14.4 Å². The lowest BCUT2D eigenvalue weighted by Gasteiger charge is -2.52. The normalized spacial score (nSPS) is 21.8. The highest BCUT2D eigenvalue weighted by Gasteiger charge is 2.48. The zero-order chi connectivity index (χ0) is 23.8. The van der Waals surface area contributed by atoms with Gasteiger partial charge in [0, 0.05) is 68.4 Å².